The van der Waals surface area contributed by atoms with Crippen molar-refractivity contribution < 1.29 is 53.5 Å². The molecule has 1 unspecified atom stereocenters. The number of fused-ring (bicyclic) bond motifs is 1. The highest BCUT2D eigenvalue weighted by Crippen LogP contribution is 2.31. The highest BCUT2D eigenvalue weighted by molar-refractivity contribution is 6.13. The van der Waals surface area contributed by atoms with Gasteiger partial charge in [0.05, 0.1) is 17.8 Å². The van der Waals surface area contributed by atoms with Crippen LogP contribution in [0.4, 0.5) is 22.2 Å². The van der Waals surface area contributed by atoms with Crippen LogP contribution in [0.5, 0.6) is 5.75 Å². The van der Waals surface area contributed by atoms with Crippen LogP contribution in [0.15, 0.2) is 60.8 Å². The van der Waals surface area contributed by atoms with E-state index in [0.29, 0.717) is 44.8 Å². The van der Waals surface area contributed by atoms with Crippen molar-refractivity contribution in [3.63, 3.8) is 0 Å². The Morgan fingerprint density at radius 1 is 0.882 bits per heavy atom. The molecule has 5 amide bonds. The molecule has 68 heavy (non-hydrogen) atoms. The first-order valence-electron chi connectivity index (χ1n) is 22.9. The van der Waals surface area contributed by atoms with Crippen molar-refractivity contribution in [1.29, 1.82) is 0 Å². The van der Waals surface area contributed by atoms with Crippen molar-refractivity contribution in [1.82, 2.24) is 34.6 Å². The van der Waals surface area contributed by atoms with Gasteiger partial charge in [-0.15, -0.1) is 0 Å². The number of aromatic nitrogens is 3. The van der Waals surface area contributed by atoms with Gasteiger partial charge in [-0.2, -0.15) is 4.98 Å². The molecule has 0 aliphatic carbocycles. The second-order valence-electron chi connectivity index (χ2n) is 17.1. The van der Waals surface area contributed by atoms with Crippen molar-refractivity contribution in [2.45, 2.75) is 90.2 Å². The first-order valence-corrected chi connectivity index (χ1v) is 22.9. The van der Waals surface area contributed by atoms with Gasteiger partial charge in [-0.1, -0.05) is 44.0 Å². The number of unbranched alkanes of at least 4 members (excludes halogenated alkanes) is 2. The number of rotatable bonds is 20. The fraction of sp³-hybridized carbons (Fsp3) is 0.468. The van der Waals surface area contributed by atoms with Crippen LogP contribution in [-0.2, 0) is 48.3 Å². The van der Waals surface area contributed by atoms with Crippen LogP contribution < -0.4 is 26.4 Å². The number of benzene rings is 2. The minimum Gasteiger partial charge on any atom is -0.460 e. The SMILES string of the molecule is CCCCCNc1nc(N)nc2ccn(Cc3ccc(CN4CCN(C(=O)OCc5ccc(OC6OC[C@H](O)[C@@H](O)[C@@H]6O)c(NC(=O)CCNC(=O)CCN6C(=O)C=CC6=O)c5)CC4)cc3C)c12. The number of amides is 5. The summed E-state index contributed by atoms with van der Waals surface area (Å²) >= 11 is 0. The number of anilines is 3. The molecule has 0 saturated carbocycles. The van der Waals surface area contributed by atoms with Gasteiger partial charge in [0.1, 0.15) is 36.2 Å². The van der Waals surface area contributed by atoms with Crippen LogP contribution >= 0.6 is 0 Å². The highest BCUT2D eigenvalue weighted by Gasteiger charge is 2.39. The summed E-state index contributed by atoms with van der Waals surface area (Å²) in [5.41, 5.74) is 11.9. The third-order valence-corrected chi connectivity index (χ3v) is 12.0. The molecule has 0 radical (unpaired) electrons. The van der Waals surface area contributed by atoms with E-state index in [0.717, 1.165) is 70.8 Å². The third-order valence-electron chi connectivity index (χ3n) is 12.0. The maximum atomic E-state index is 13.3. The third kappa shape index (κ3) is 12.7. The van der Waals surface area contributed by atoms with Crippen molar-refractivity contribution in [3.8, 4) is 5.75 Å². The van der Waals surface area contributed by atoms with Gasteiger partial charge < -0.3 is 60.7 Å². The van der Waals surface area contributed by atoms with Crippen molar-refractivity contribution >= 4 is 58.2 Å². The lowest BCUT2D eigenvalue weighted by molar-refractivity contribution is -0.241. The van der Waals surface area contributed by atoms with E-state index in [-0.39, 0.29) is 56.5 Å². The number of aliphatic hydroxyl groups excluding tert-OH is 3. The van der Waals surface area contributed by atoms with Gasteiger partial charge in [-0.05, 0) is 53.8 Å². The van der Waals surface area contributed by atoms with Gasteiger partial charge in [0.15, 0.2) is 5.82 Å². The molecule has 3 aliphatic heterocycles. The number of aryl methyl sites for hydroxylation is 1. The Hall–Kier alpha value is -6.65. The summed E-state index contributed by atoms with van der Waals surface area (Å²) in [7, 11) is 0. The van der Waals surface area contributed by atoms with Crippen LogP contribution in [0.3, 0.4) is 0 Å². The standard InChI is InChI=1S/C47H60N10O11/c1-3-4-5-15-50-44-41-33(52-46(48)53-44)13-17-56(41)26-32-8-6-30(23-29(32)2)25-54-19-21-55(22-20-54)47(65)67-27-31-7-9-36(68-45-43(64)42(63)35(58)28-66-45)34(24-31)51-38(60)12-16-49-37(59)14-18-57-39(61)10-11-40(57)62/h6-11,13,17,23-24,35,42-43,45,58,63-64H,3-5,12,14-16,18-22,25-28H2,1-2H3,(H,49,59)(H,51,60)(H3,48,50,52,53)/t35-,42+,43-,45?/m0/s1. The summed E-state index contributed by atoms with van der Waals surface area (Å²) in [5, 5.41) is 39.3. The molecule has 2 fully saturated rings. The summed E-state index contributed by atoms with van der Waals surface area (Å²) in [6, 6.07) is 13.1. The zero-order valence-electron chi connectivity index (χ0n) is 38.3. The average molecular weight is 941 g/mol. The monoisotopic (exact) mass is 940 g/mol. The first kappa shape index (κ1) is 49.3. The molecule has 0 bridgehead atoms. The van der Waals surface area contributed by atoms with E-state index in [2.05, 4.69) is 67.4 Å². The van der Waals surface area contributed by atoms with Crippen molar-refractivity contribution in [2.24, 2.45) is 0 Å². The van der Waals surface area contributed by atoms with Crippen LogP contribution in [0, 0.1) is 6.92 Å². The second-order valence-corrected chi connectivity index (χ2v) is 17.1. The number of nitrogens with zero attached hydrogens (tertiary/aromatic N) is 6. The lowest BCUT2D eigenvalue weighted by atomic mass is 10.0. The molecule has 364 valence electrons. The Balaban J connectivity index is 0.899. The van der Waals surface area contributed by atoms with E-state index >= 15 is 0 Å². The summed E-state index contributed by atoms with van der Waals surface area (Å²) in [6.07, 6.45) is 0.896. The summed E-state index contributed by atoms with van der Waals surface area (Å²) in [6.45, 7) is 8.02. The van der Waals surface area contributed by atoms with Gasteiger partial charge in [0.2, 0.25) is 24.1 Å². The van der Waals surface area contributed by atoms with Crippen LogP contribution in [0.25, 0.3) is 11.0 Å². The summed E-state index contributed by atoms with van der Waals surface area (Å²) in [4.78, 5) is 76.1. The number of aliphatic hydroxyl groups is 3. The number of piperazine rings is 1. The average Bonchev–Trinajstić information content (AvgIpc) is 3.88. The molecule has 7 rings (SSSR count). The normalized spacial score (nSPS) is 19.7. The minimum atomic E-state index is -1.61. The molecule has 0 spiro atoms. The maximum Gasteiger partial charge on any atom is 0.410 e. The van der Waals surface area contributed by atoms with Crippen molar-refractivity contribution in [2.75, 3.05) is 68.8 Å². The highest BCUT2D eigenvalue weighted by atomic mass is 16.7. The first-order chi connectivity index (χ1) is 32.8. The molecule has 21 nitrogen and oxygen atoms in total. The summed E-state index contributed by atoms with van der Waals surface area (Å²) in [5.74, 6) is -0.970. The smallest absolute Gasteiger partial charge is 0.410 e. The molecular weight excluding hydrogens is 881 g/mol. The van der Waals surface area contributed by atoms with Gasteiger partial charge >= 0.3 is 6.09 Å². The predicted molar refractivity (Wildman–Crippen MR) is 249 cm³/mol. The predicted octanol–water partition coefficient (Wildman–Crippen LogP) is 2.00. The Morgan fingerprint density at radius 2 is 1.65 bits per heavy atom. The van der Waals surface area contributed by atoms with Crippen LogP contribution in [0.1, 0.15) is 61.3 Å². The maximum absolute atomic E-state index is 13.3. The number of hydrogen-bond donors (Lipinski definition) is 7. The number of carbonyl (C=O) groups is 5. The fourth-order valence-corrected chi connectivity index (χ4v) is 8.12. The Kier molecular flexibility index (Phi) is 16.6. The van der Waals surface area contributed by atoms with E-state index in [9.17, 15) is 39.3 Å². The van der Waals surface area contributed by atoms with E-state index in [4.69, 9.17) is 19.9 Å². The Morgan fingerprint density at radius 3 is 2.40 bits per heavy atom. The molecule has 8 N–H and O–H groups in total. The largest absolute Gasteiger partial charge is 0.460 e. The summed E-state index contributed by atoms with van der Waals surface area (Å²) < 4.78 is 19.1. The van der Waals surface area contributed by atoms with E-state index in [1.165, 1.54) is 17.7 Å². The van der Waals surface area contributed by atoms with Crippen LogP contribution in [0.2, 0.25) is 0 Å². The quantitative estimate of drug-likeness (QED) is 0.0493. The fourth-order valence-electron chi connectivity index (χ4n) is 8.12. The number of imide groups is 1. The molecule has 3 aliphatic rings. The van der Waals surface area contributed by atoms with Crippen molar-refractivity contribution in [3.05, 3.63) is 83.1 Å². The lowest BCUT2D eigenvalue weighted by Gasteiger charge is -2.35. The van der Waals surface area contributed by atoms with E-state index < -0.39 is 54.3 Å². The number of carbonyl (C=O) groups excluding carboxylic acids is 5. The van der Waals surface area contributed by atoms with Gasteiger partial charge in [-0.3, -0.25) is 29.0 Å². The number of hydrogen-bond acceptors (Lipinski definition) is 16. The molecule has 2 saturated heterocycles. The van der Waals surface area contributed by atoms with E-state index in [1.807, 2.05) is 12.3 Å². The molecule has 2 aromatic carbocycles. The lowest BCUT2D eigenvalue weighted by Crippen LogP contribution is -2.54. The molecule has 4 aromatic rings. The molecule has 21 heteroatoms. The number of nitrogens with one attached hydrogen (secondary N) is 3. The molecule has 5 heterocycles. The zero-order chi connectivity index (χ0) is 48.3. The number of nitrogens with two attached hydrogens (primary N) is 1. The van der Waals surface area contributed by atoms with Gasteiger partial charge in [-0.25, -0.2) is 9.78 Å². The van der Waals surface area contributed by atoms with Gasteiger partial charge in [0, 0.05) is 90.1 Å². The Labute approximate surface area is 393 Å². The van der Waals surface area contributed by atoms with E-state index in [1.54, 1.807) is 11.0 Å². The van der Waals surface area contributed by atoms with Gasteiger partial charge in [0.25, 0.3) is 11.8 Å². The second kappa shape index (κ2) is 22.9. The molecule has 4 atom stereocenters. The zero-order valence-corrected chi connectivity index (χ0v) is 38.3. The number of nitrogen functional groups attached to an aromatic ring is 1. The number of ether oxygens (including phenoxy) is 3. The minimum absolute atomic E-state index is 0.0508. The van der Waals surface area contributed by atoms with Crippen LogP contribution in [-0.4, -0.2) is 151 Å². The Bertz CT molecular complexity index is 2470. The topological polar surface area (TPSA) is 276 Å². The molecular formula is C47H60N10O11. The molecule has 2 aromatic heterocycles.